The second kappa shape index (κ2) is 5.97. The molecule has 112 valence electrons. The van der Waals surface area contributed by atoms with Crippen LogP contribution in [-0.2, 0) is 0 Å². The van der Waals surface area contributed by atoms with E-state index in [4.69, 9.17) is 0 Å². The molecule has 0 amide bonds. The quantitative estimate of drug-likeness (QED) is 0.765. The number of pyridine rings is 1. The van der Waals surface area contributed by atoms with Gasteiger partial charge in [0.1, 0.15) is 5.52 Å². The zero-order valence-corrected chi connectivity index (χ0v) is 13.0. The third-order valence-electron chi connectivity index (χ3n) is 3.43. The van der Waals surface area contributed by atoms with E-state index >= 15 is 0 Å². The monoisotopic (exact) mass is 293 g/mol. The summed E-state index contributed by atoms with van der Waals surface area (Å²) in [4.78, 5) is 13.6. The minimum absolute atomic E-state index is 0.576. The molecular formula is C17H19N5. The van der Waals surface area contributed by atoms with E-state index in [0.717, 1.165) is 40.2 Å². The summed E-state index contributed by atoms with van der Waals surface area (Å²) >= 11 is 0. The molecule has 0 unspecified atom stereocenters. The Hall–Kier alpha value is -2.69. The summed E-state index contributed by atoms with van der Waals surface area (Å²) in [6, 6.07) is 10.1. The van der Waals surface area contributed by atoms with Crippen LogP contribution in [0.4, 0.5) is 17.5 Å². The molecule has 5 nitrogen and oxygen atoms in total. The van der Waals surface area contributed by atoms with Crippen LogP contribution in [0.25, 0.3) is 10.9 Å². The third kappa shape index (κ3) is 2.83. The highest BCUT2D eigenvalue weighted by molar-refractivity contribution is 5.89. The SMILES string of the molecule is CCNc1nc(C)cc2cnc(Nc3ccccc3C)nc12. The number of nitrogens with zero attached hydrogens (tertiary/aromatic N) is 3. The van der Waals surface area contributed by atoms with Crippen LogP contribution in [-0.4, -0.2) is 21.5 Å². The molecule has 2 aromatic heterocycles. The van der Waals surface area contributed by atoms with E-state index in [-0.39, 0.29) is 0 Å². The Morgan fingerprint density at radius 3 is 2.68 bits per heavy atom. The number of fused-ring (bicyclic) bond motifs is 1. The van der Waals surface area contributed by atoms with Crippen molar-refractivity contribution in [3.05, 3.63) is 47.8 Å². The molecule has 0 saturated carbocycles. The Balaban J connectivity index is 2.03. The van der Waals surface area contributed by atoms with Gasteiger partial charge >= 0.3 is 0 Å². The largest absolute Gasteiger partial charge is 0.369 e. The summed E-state index contributed by atoms with van der Waals surface area (Å²) in [5.74, 6) is 1.37. The van der Waals surface area contributed by atoms with Gasteiger partial charge in [-0.3, -0.25) is 0 Å². The minimum Gasteiger partial charge on any atom is -0.369 e. The molecule has 3 rings (SSSR count). The third-order valence-corrected chi connectivity index (χ3v) is 3.43. The molecule has 2 heterocycles. The molecular weight excluding hydrogens is 274 g/mol. The fourth-order valence-corrected chi connectivity index (χ4v) is 2.36. The number of hydrogen-bond acceptors (Lipinski definition) is 5. The normalized spacial score (nSPS) is 10.7. The zero-order valence-electron chi connectivity index (χ0n) is 13.0. The van der Waals surface area contributed by atoms with Gasteiger partial charge in [-0.2, -0.15) is 0 Å². The first-order chi connectivity index (χ1) is 10.7. The number of hydrogen-bond donors (Lipinski definition) is 2. The van der Waals surface area contributed by atoms with Crippen LogP contribution >= 0.6 is 0 Å². The van der Waals surface area contributed by atoms with Gasteiger partial charge < -0.3 is 10.6 Å². The Bertz CT molecular complexity index is 813. The standard InChI is InChI=1S/C17H19N5/c1-4-18-16-15-13(9-12(3)20-16)10-19-17(22-15)21-14-8-6-5-7-11(14)2/h5-10H,4H2,1-3H3,(H,18,20)(H,19,21,22). The van der Waals surface area contributed by atoms with Gasteiger partial charge in [0.25, 0.3) is 0 Å². The van der Waals surface area contributed by atoms with Crippen molar-refractivity contribution < 1.29 is 0 Å². The molecule has 22 heavy (non-hydrogen) atoms. The summed E-state index contributed by atoms with van der Waals surface area (Å²) in [6.45, 7) is 6.87. The van der Waals surface area contributed by atoms with E-state index < -0.39 is 0 Å². The van der Waals surface area contributed by atoms with Crippen LogP contribution in [0.5, 0.6) is 0 Å². The van der Waals surface area contributed by atoms with E-state index in [1.807, 2.05) is 44.3 Å². The van der Waals surface area contributed by atoms with Gasteiger partial charge in [-0.1, -0.05) is 18.2 Å². The molecule has 0 atom stereocenters. The van der Waals surface area contributed by atoms with Gasteiger partial charge in [0.05, 0.1) is 0 Å². The van der Waals surface area contributed by atoms with E-state index in [9.17, 15) is 0 Å². The lowest BCUT2D eigenvalue weighted by Gasteiger charge is -2.11. The van der Waals surface area contributed by atoms with E-state index in [0.29, 0.717) is 5.95 Å². The summed E-state index contributed by atoms with van der Waals surface area (Å²) in [5.41, 5.74) is 3.94. The topological polar surface area (TPSA) is 62.7 Å². The molecule has 0 aliphatic heterocycles. The Kier molecular flexibility index (Phi) is 3.87. The number of para-hydroxylation sites is 1. The molecule has 3 aromatic rings. The summed E-state index contributed by atoms with van der Waals surface area (Å²) in [5, 5.41) is 7.52. The number of aromatic nitrogens is 3. The highest BCUT2D eigenvalue weighted by Crippen LogP contribution is 2.23. The number of anilines is 3. The van der Waals surface area contributed by atoms with Crippen LogP contribution in [0.3, 0.4) is 0 Å². The zero-order chi connectivity index (χ0) is 15.5. The van der Waals surface area contributed by atoms with E-state index in [1.165, 1.54) is 0 Å². The minimum atomic E-state index is 0.576. The van der Waals surface area contributed by atoms with Crippen LogP contribution in [0.15, 0.2) is 36.5 Å². The fourth-order valence-electron chi connectivity index (χ4n) is 2.36. The molecule has 0 radical (unpaired) electrons. The van der Waals surface area contributed by atoms with Gasteiger partial charge in [0, 0.05) is 29.5 Å². The highest BCUT2D eigenvalue weighted by atomic mass is 15.1. The van der Waals surface area contributed by atoms with E-state index in [2.05, 4.69) is 38.6 Å². The Morgan fingerprint density at radius 2 is 1.91 bits per heavy atom. The summed E-state index contributed by atoms with van der Waals surface area (Å²) < 4.78 is 0. The number of rotatable bonds is 4. The molecule has 1 aromatic carbocycles. The molecule has 0 fully saturated rings. The molecule has 0 bridgehead atoms. The van der Waals surface area contributed by atoms with Gasteiger partial charge in [0.15, 0.2) is 5.82 Å². The molecule has 0 aliphatic rings. The Morgan fingerprint density at radius 1 is 1.09 bits per heavy atom. The Labute approximate surface area is 129 Å². The van der Waals surface area contributed by atoms with Crippen molar-refractivity contribution in [2.24, 2.45) is 0 Å². The van der Waals surface area contributed by atoms with Gasteiger partial charge in [-0.25, -0.2) is 15.0 Å². The molecule has 2 N–H and O–H groups in total. The van der Waals surface area contributed by atoms with Crippen LogP contribution < -0.4 is 10.6 Å². The van der Waals surface area contributed by atoms with Crippen molar-refractivity contribution in [3.8, 4) is 0 Å². The van der Waals surface area contributed by atoms with Crippen molar-refractivity contribution in [2.45, 2.75) is 20.8 Å². The lowest BCUT2D eigenvalue weighted by Crippen LogP contribution is -2.04. The van der Waals surface area contributed by atoms with Crippen molar-refractivity contribution in [1.82, 2.24) is 15.0 Å². The molecule has 5 heteroatoms. The fraction of sp³-hybridized carbons (Fsp3) is 0.235. The number of nitrogens with one attached hydrogen (secondary N) is 2. The average Bonchev–Trinajstić information content (AvgIpc) is 2.50. The van der Waals surface area contributed by atoms with Crippen molar-refractivity contribution >= 4 is 28.4 Å². The van der Waals surface area contributed by atoms with Crippen molar-refractivity contribution in [3.63, 3.8) is 0 Å². The van der Waals surface area contributed by atoms with Crippen molar-refractivity contribution in [2.75, 3.05) is 17.2 Å². The lowest BCUT2D eigenvalue weighted by molar-refractivity contribution is 1.12. The smallest absolute Gasteiger partial charge is 0.227 e. The lowest BCUT2D eigenvalue weighted by atomic mass is 10.2. The second-order valence-corrected chi connectivity index (χ2v) is 5.21. The number of aryl methyl sites for hydroxylation is 2. The first-order valence-electron chi connectivity index (χ1n) is 7.38. The van der Waals surface area contributed by atoms with Crippen LogP contribution in [0.2, 0.25) is 0 Å². The maximum absolute atomic E-state index is 4.62. The molecule has 0 aliphatic carbocycles. The van der Waals surface area contributed by atoms with Gasteiger partial charge in [-0.05, 0) is 38.5 Å². The first kappa shape index (κ1) is 14.3. The highest BCUT2D eigenvalue weighted by Gasteiger charge is 2.08. The van der Waals surface area contributed by atoms with Crippen LogP contribution in [0, 0.1) is 13.8 Å². The van der Waals surface area contributed by atoms with E-state index in [1.54, 1.807) is 0 Å². The summed E-state index contributed by atoms with van der Waals surface area (Å²) in [6.07, 6.45) is 1.83. The van der Waals surface area contributed by atoms with Crippen LogP contribution in [0.1, 0.15) is 18.2 Å². The summed E-state index contributed by atoms with van der Waals surface area (Å²) in [7, 11) is 0. The molecule has 0 spiro atoms. The predicted octanol–water partition coefficient (Wildman–Crippen LogP) is 3.82. The number of benzene rings is 1. The first-order valence-corrected chi connectivity index (χ1v) is 7.38. The predicted molar refractivity (Wildman–Crippen MR) is 90.7 cm³/mol. The molecule has 0 saturated heterocycles. The maximum Gasteiger partial charge on any atom is 0.227 e. The maximum atomic E-state index is 4.62. The second-order valence-electron chi connectivity index (χ2n) is 5.21. The van der Waals surface area contributed by atoms with Crippen molar-refractivity contribution in [1.29, 1.82) is 0 Å². The van der Waals surface area contributed by atoms with Gasteiger partial charge in [0.2, 0.25) is 5.95 Å². The average molecular weight is 293 g/mol. The van der Waals surface area contributed by atoms with Gasteiger partial charge in [-0.15, -0.1) is 0 Å².